The second kappa shape index (κ2) is 7.20. The summed E-state index contributed by atoms with van der Waals surface area (Å²) in [4.78, 5) is 31.9. The summed E-state index contributed by atoms with van der Waals surface area (Å²) in [6.07, 6.45) is 4.51. The molecule has 0 bridgehead atoms. The molecule has 1 aromatic carbocycles. The van der Waals surface area contributed by atoms with Crippen molar-refractivity contribution in [1.29, 1.82) is 0 Å². The van der Waals surface area contributed by atoms with E-state index in [0.29, 0.717) is 37.3 Å². The highest BCUT2D eigenvalue weighted by molar-refractivity contribution is 8.05. The highest BCUT2D eigenvalue weighted by Gasteiger charge is 2.48. The maximum atomic E-state index is 12.6. The Hall–Kier alpha value is -3.00. The van der Waals surface area contributed by atoms with E-state index in [0.717, 1.165) is 10.5 Å². The number of nitrogens with two attached hydrogens (primary N) is 2. The summed E-state index contributed by atoms with van der Waals surface area (Å²) in [7, 11) is 0. The predicted molar refractivity (Wildman–Crippen MR) is 110 cm³/mol. The van der Waals surface area contributed by atoms with Crippen LogP contribution in [0.15, 0.2) is 59.3 Å². The number of carbonyl (C=O) groups is 2. The molecule has 3 heterocycles. The Balaban J connectivity index is 1.53. The zero-order valence-electron chi connectivity index (χ0n) is 15.2. The third kappa shape index (κ3) is 3.20. The van der Waals surface area contributed by atoms with Gasteiger partial charge in [0.05, 0.1) is 18.4 Å². The van der Waals surface area contributed by atoms with Crippen molar-refractivity contribution >= 4 is 35.1 Å². The number of nitrogen functional groups attached to an aromatic ring is 1. The average Bonchev–Trinajstić information content (AvgIpc) is 3.09. The minimum absolute atomic E-state index is 0.184. The lowest BCUT2D eigenvalue weighted by molar-refractivity contribution is -0.120. The van der Waals surface area contributed by atoms with E-state index in [2.05, 4.69) is 10.3 Å². The number of nitrogens with one attached hydrogen (secondary N) is 1. The van der Waals surface area contributed by atoms with Crippen molar-refractivity contribution in [1.82, 2.24) is 9.88 Å². The van der Waals surface area contributed by atoms with Gasteiger partial charge in [-0.3, -0.25) is 9.78 Å². The van der Waals surface area contributed by atoms with Gasteiger partial charge in [0.25, 0.3) is 0 Å². The van der Waals surface area contributed by atoms with Crippen molar-refractivity contribution in [2.45, 2.75) is 17.6 Å². The molecule has 144 valence electrons. The molecule has 2 aliphatic heterocycles. The molecular formula is C20H21N5O2S. The van der Waals surface area contributed by atoms with Crippen LogP contribution in [0.25, 0.3) is 0 Å². The Kier molecular flexibility index (Phi) is 4.72. The molecule has 1 unspecified atom stereocenters. The number of hydrogen-bond donors (Lipinski definition) is 3. The number of benzene rings is 1. The lowest BCUT2D eigenvalue weighted by atomic mass is 9.87. The minimum atomic E-state index is -0.911. The van der Waals surface area contributed by atoms with Crippen molar-refractivity contribution in [3.63, 3.8) is 0 Å². The van der Waals surface area contributed by atoms with E-state index >= 15 is 0 Å². The third-order valence-electron chi connectivity index (χ3n) is 5.17. The monoisotopic (exact) mass is 395 g/mol. The second-order valence-corrected chi connectivity index (χ2v) is 8.32. The van der Waals surface area contributed by atoms with Crippen LogP contribution in [0.2, 0.25) is 0 Å². The summed E-state index contributed by atoms with van der Waals surface area (Å²) in [6.45, 7) is 1.04. The minimum Gasteiger partial charge on any atom is -0.398 e. The van der Waals surface area contributed by atoms with Gasteiger partial charge in [-0.25, -0.2) is 4.79 Å². The number of anilines is 2. The van der Waals surface area contributed by atoms with Crippen LogP contribution in [0, 0.1) is 0 Å². The van der Waals surface area contributed by atoms with Crippen molar-refractivity contribution in [3.05, 3.63) is 64.8 Å². The Morgan fingerprint density at radius 1 is 1.21 bits per heavy atom. The van der Waals surface area contributed by atoms with Crippen LogP contribution in [0.5, 0.6) is 0 Å². The maximum absolute atomic E-state index is 12.6. The highest BCUT2D eigenvalue weighted by atomic mass is 32.2. The molecule has 28 heavy (non-hydrogen) atoms. The highest BCUT2D eigenvalue weighted by Crippen LogP contribution is 2.55. The summed E-state index contributed by atoms with van der Waals surface area (Å²) in [5.41, 5.74) is 15.1. The normalized spacial score (nSPS) is 21.4. The maximum Gasteiger partial charge on any atom is 0.322 e. The standard InChI is InChI=1S/C20H21N5O2S/c21-16-6-2-1-5-15(16)20(18(22)26)10-13-7-9-25(12-17(13)28-20)19(27)24-14-4-3-8-23-11-14/h1-6,8,11H,7,9-10,12,21H2,(H2,22,26)(H,24,27). The molecule has 5 N–H and O–H groups in total. The fraction of sp³-hybridized carbons (Fsp3) is 0.250. The number of urea groups is 1. The van der Waals surface area contributed by atoms with Crippen molar-refractivity contribution in [2.75, 3.05) is 24.1 Å². The van der Waals surface area contributed by atoms with Crippen molar-refractivity contribution in [3.8, 4) is 0 Å². The number of thioether (sulfide) groups is 1. The van der Waals surface area contributed by atoms with E-state index in [1.807, 2.05) is 18.2 Å². The number of nitrogens with zero attached hydrogens (tertiary/aromatic N) is 2. The first-order chi connectivity index (χ1) is 13.5. The van der Waals surface area contributed by atoms with Crippen molar-refractivity contribution < 1.29 is 9.59 Å². The fourth-order valence-corrected chi connectivity index (χ4v) is 5.31. The molecule has 1 aromatic heterocycles. The molecule has 4 rings (SSSR count). The second-order valence-electron chi connectivity index (χ2n) is 6.93. The number of aromatic nitrogens is 1. The lowest BCUT2D eigenvalue weighted by Gasteiger charge is -2.28. The Labute approximate surface area is 167 Å². The largest absolute Gasteiger partial charge is 0.398 e. The van der Waals surface area contributed by atoms with Gasteiger partial charge in [-0.15, -0.1) is 11.8 Å². The van der Waals surface area contributed by atoms with E-state index in [1.165, 1.54) is 17.3 Å². The van der Waals surface area contributed by atoms with E-state index in [-0.39, 0.29) is 6.03 Å². The molecule has 3 amide bonds. The van der Waals surface area contributed by atoms with Crippen LogP contribution in [-0.2, 0) is 9.54 Å². The van der Waals surface area contributed by atoms with Crippen LogP contribution >= 0.6 is 11.8 Å². The smallest absolute Gasteiger partial charge is 0.322 e. The van der Waals surface area contributed by atoms with E-state index < -0.39 is 10.7 Å². The number of carbonyl (C=O) groups excluding carboxylic acids is 2. The van der Waals surface area contributed by atoms with Gasteiger partial charge in [0.15, 0.2) is 0 Å². The lowest BCUT2D eigenvalue weighted by Crippen LogP contribution is -2.39. The zero-order chi connectivity index (χ0) is 19.7. The molecular weight excluding hydrogens is 374 g/mol. The summed E-state index contributed by atoms with van der Waals surface area (Å²) in [5.74, 6) is -0.406. The molecule has 8 heteroatoms. The zero-order valence-corrected chi connectivity index (χ0v) is 16.0. The number of hydrogen-bond acceptors (Lipinski definition) is 5. The molecule has 7 nitrogen and oxygen atoms in total. The molecule has 0 saturated carbocycles. The van der Waals surface area contributed by atoms with Gasteiger partial charge in [0, 0.05) is 28.9 Å². The van der Waals surface area contributed by atoms with Gasteiger partial charge in [0.2, 0.25) is 5.91 Å². The SMILES string of the molecule is NC(=O)C1(c2ccccc2N)CC2=C(CN(C(=O)Nc3cccnc3)CC2)S1. The van der Waals surface area contributed by atoms with Gasteiger partial charge in [-0.2, -0.15) is 0 Å². The molecule has 2 aromatic rings. The van der Waals surface area contributed by atoms with Crippen LogP contribution in [0.1, 0.15) is 18.4 Å². The molecule has 0 fully saturated rings. The first-order valence-electron chi connectivity index (χ1n) is 9.00. The van der Waals surface area contributed by atoms with Crippen LogP contribution in [-0.4, -0.2) is 34.9 Å². The topological polar surface area (TPSA) is 114 Å². The van der Waals surface area contributed by atoms with Gasteiger partial charge in [-0.1, -0.05) is 23.8 Å². The molecule has 0 radical (unpaired) electrons. The Morgan fingerprint density at radius 2 is 2.04 bits per heavy atom. The number of amides is 3. The van der Waals surface area contributed by atoms with Crippen LogP contribution < -0.4 is 16.8 Å². The summed E-state index contributed by atoms with van der Waals surface area (Å²) < 4.78 is -0.911. The van der Waals surface area contributed by atoms with Gasteiger partial charge >= 0.3 is 6.03 Å². The number of rotatable bonds is 3. The predicted octanol–water partition coefficient (Wildman–Crippen LogP) is 2.67. The van der Waals surface area contributed by atoms with Gasteiger partial charge < -0.3 is 21.7 Å². The molecule has 0 saturated heterocycles. The van der Waals surface area contributed by atoms with Crippen LogP contribution in [0.4, 0.5) is 16.2 Å². The fourth-order valence-electron chi connectivity index (χ4n) is 3.71. The molecule has 0 aliphatic carbocycles. The Morgan fingerprint density at radius 3 is 2.75 bits per heavy atom. The molecule has 1 atom stereocenters. The van der Waals surface area contributed by atoms with Gasteiger partial charge in [-0.05, 0) is 31.0 Å². The summed E-state index contributed by atoms with van der Waals surface area (Å²) in [5, 5.41) is 2.86. The van der Waals surface area contributed by atoms with Crippen LogP contribution in [0.3, 0.4) is 0 Å². The molecule has 2 aliphatic rings. The number of pyridine rings is 1. The van der Waals surface area contributed by atoms with E-state index in [9.17, 15) is 9.59 Å². The Bertz CT molecular complexity index is 962. The number of para-hydroxylation sites is 1. The third-order valence-corrected chi connectivity index (χ3v) is 6.74. The first-order valence-corrected chi connectivity index (χ1v) is 9.82. The quantitative estimate of drug-likeness (QED) is 0.691. The number of primary amides is 1. The average molecular weight is 395 g/mol. The first kappa shape index (κ1) is 18.4. The van der Waals surface area contributed by atoms with E-state index in [1.54, 1.807) is 35.5 Å². The van der Waals surface area contributed by atoms with E-state index in [4.69, 9.17) is 11.5 Å². The summed E-state index contributed by atoms with van der Waals surface area (Å²) >= 11 is 1.44. The van der Waals surface area contributed by atoms with Gasteiger partial charge in [0.1, 0.15) is 4.75 Å². The molecule has 0 spiro atoms. The summed E-state index contributed by atoms with van der Waals surface area (Å²) in [6, 6.07) is 10.7. The van der Waals surface area contributed by atoms with Crippen molar-refractivity contribution in [2.24, 2.45) is 5.73 Å².